The lowest BCUT2D eigenvalue weighted by Gasteiger charge is -2.39. The van der Waals surface area contributed by atoms with Crippen molar-refractivity contribution in [1.29, 1.82) is 0 Å². The van der Waals surface area contributed by atoms with Gasteiger partial charge in [-0.15, -0.1) is 0 Å². The number of nitrogens with zero attached hydrogens (tertiary/aromatic N) is 2. The third-order valence-electron chi connectivity index (χ3n) is 5.30. The summed E-state index contributed by atoms with van der Waals surface area (Å²) in [5.41, 5.74) is 2.73. The van der Waals surface area contributed by atoms with Crippen LogP contribution in [0, 0.1) is 6.92 Å². The molecule has 2 aromatic rings. The number of rotatable bonds is 6. The first-order valence-corrected chi connectivity index (χ1v) is 10.4. The van der Waals surface area contributed by atoms with Gasteiger partial charge in [0.15, 0.2) is 0 Å². The fourth-order valence-corrected chi connectivity index (χ4v) is 4.17. The van der Waals surface area contributed by atoms with Gasteiger partial charge < -0.3 is 10.0 Å². The van der Waals surface area contributed by atoms with Crippen LogP contribution < -0.4 is 0 Å². The van der Waals surface area contributed by atoms with Gasteiger partial charge in [-0.2, -0.15) is 0 Å². The molecule has 2 aromatic carbocycles. The van der Waals surface area contributed by atoms with Crippen molar-refractivity contribution in [2.24, 2.45) is 0 Å². The van der Waals surface area contributed by atoms with Gasteiger partial charge in [0.05, 0.1) is 10.6 Å². The molecule has 1 heterocycles. The van der Waals surface area contributed by atoms with Gasteiger partial charge in [0.1, 0.15) is 0 Å². The summed E-state index contributed by atoms with van der Waals surface area (Å²) in [4.78, 5) is 28.0. The first-order chi connectivity index (χ1) is 13.8. The number of halogens is 2. The molecule has 1 amide bonds. The predicted molar refractivity (Wildman–Crippen MR) is 115 cm³/mol. The molecule has 3 rings (SSSR count). The van der Waals surface area contributed by atoms with E-state index in [-0.39, 0.29) is 18.4 Å². The number of carboxylic acid groups (broad SMARTS) is 1. The van der Waals surface area contributed by atoms with Crippen molar-refractivity contribution in [3.63, 3.8) is 0 Å². The Morgan fingerprint density at radius 3 is 2.28 bits per heavy atom. The van der Waals surface area contributed by atoms with E-state index >= 15 is 0 Å². The molecule has 1 saturated heterocycles. The molecule has 1 N–H and O–H groups in total. The van der Waals surface area contributed by atoms with Crippen molar-refractivity contribution in [2.75, 3.05) is 26.2 Å². The van der Waals surface area contributed by atoms with Crippen LogP contribution in [0.3, 0.4) is 0 Å². The Kier molecular flexibility index (Phi) is 7.17. The van der Waals surface area contributed by atoms with Crippen molar-refractivity contribution in [3.05, 3.63) is 69.2 Å². The van der Waals surface area contributed by atoms with Gasteiger partial charge in [-0.3, -0.25) is 14.5 Å². The SMILES string of the molecule is Cc1ccc([C@H](CCC(=O)O)N2CCN(C(=O)c3ccc(Cl)cc3Cl)CC2)cc1. The minimum absolute atomic E-state index is 0.0167. The van der Waals surface area contributed by atoms with Crippen LogP contribution in [-0.2, 0) is 4.79 Å². The van der Waals surface area contributed by atoms with Crippen LogP contribution in [0.1, 0.15) is 40.4 Å². The maximum Gasteiger partial charge on any atom is 0.303 e. The van der Waals surface area contributed by atoms with E-state index in [1.54, 1.807) is 23.1 Å². The molecule has 1 aliphatic heterocycles. The molecule has 29 heavy (non-hydrogen) atoms. The van der Waals surface area contributed by atoms with E-state index < -0.39 is 5.97 Å². The van der Waals surface area contributed by atoms with Gasteiger partial charge in [0.25, 0.3) is 5.91 Å². The Morgan fingerprint density at radius 2 is 1.69 bits per heavy atom. The maximum atomic E-state index is 12.8. The van der Waals surface area contributed by atoms with Crippen LogP contribution in [-0.4, -0.2) is 53.0 Å². The van der Waals surface area contributed by atoms with Crippen LogP contribution in [0.15, 0.2) is 42.5 Å². The number of benzene rings is 2. The van der Waals surface area contributed by atoms with E-state index in [4.69, 9.17) is 28.3 Å². The molecule has 5 nitrogen and oxygen atoms in total. The van der Waals surface area contributed by atoms with Crippen LogP contribution in [0.5, 0.6) is 0 Å². The summed E-state index contributed by atoms with van der Waals surface area (Å²) in [6.07, 6.45) is 0.646. The predicted octanol–water partition coefficient (Wildman–Crippen LogP) is 4.67. The minimum atomic E-state index is -0.798. The lowest BCUT2D eigenvalue weighted by atomic mass is 9.98. The average molecular weight is 435 g/mol. The Hall–Kier alpha value is -2.08. The smallest absolute Gasteiger partial charge is 0.303 e. The van der Waals surface area contributed by atoms with Crippen LogP contribution in [0.2, 0.25) is 10.0 Å². The second-order valence-corrected chi connectivity index (χ2v) is 8.15. The number of amides is 1. The van der Waals surface area contributed by atoms with Crippen LogP contribution in [0.4, 0.5) is 0 Å². The van der Waals surface area contributed by atoms with Gasteiger partial charge in [0.2, 0.25) is 0 Å². The van der Waals surface area contributed by atoms with Gasteiger partial charge >= 0.3 is 5.97 Å². The van der Waals surface area contributed by atoms with E-state index in [1.165, 1.54) is 5.56 Å². The molecule has 0 radical (unpaired) electrons. The number of carbonyl (C=O) groups is 2. The summed E-state index contributed by atoms with van der Waals surface area (Å²) in [5.74, 6) is -0.906. The first kappa shape index (κ1) is 21.6. The molecule has 154 valence electrons. The highest BCUT2D eigenvalue weighted by atomic mass is 35.5. The first-order valence-electron chi connectivity index (χ1n) is 9.62. The zero-order valence-electron chi connectivity index (χ0n) is 16.3. The third-order valence-corrected chi connectivity index (χ3v) is 5.85. The van der Waals surface area contributed by atoms with E-state index in [0.29, 0.717) is 48.2 Å². The fourth-order valence-electron chi connectivity index (χ4n) is 3.68. The summed E-state index contributed by atoms with van der Waals surface area (Å²) in [6, 6.07) is 13.1. The van der Waals surface area contributed by atoms with E-state index in [2.05, 4.69) is 17.0 Å². The third kappa shape index (κ3) is 5.50. The molecule has 7 heteroatoms. The molecule has 1 atom stereocenters. The Balaban J connectivity index is 1.69. The number of aryl methyl sites for hydroxylation is 1. The average Bonchev–Trinajstić information content (AvgIpc) is 2.69. The number of hydrogen-bond acceptors (Lipinski definition) is 3. The largest absolute Gasteiger partial charge is 0.481 e. The monoisotopic (exact) mass is 434 g/mol. The summed E-state index contributed by atoms with van der Waals surface area (Å²) < 4.78 is 0. The second kappa shape index (κ2) is 9.61. The van der Waals surface area contributed by atoms with Gasteiger partial charge in [-0.05, 0) is 37.1 Å². The molecule has 0 spiro atoms. The number of aliphatic carboxylic acids is 1. The second-order valence-electron chi connectivity index (χ2n) is 7.31. The molecule has 0 aromatic heterocycles. The quantitative estimate of drug-likeness (QED) is 0.717. The van der Waals surface area contributed by atoms with Crippen molar-refractivity contribution in [2.45, 2.75) is 25.8 Å². The lowest BCUT2D eigenvalue weighted by molar-refractivity contribution is -0.137. The summed E-state index contributed by atoms with van der Waals surface area (Å²) in [7, 11) is 0. The molecule has 1 aliphatic rings. The van der Waals surface area contributed by atoms with E-state index in [0.717, 1.165) is 5.56 Å². The topological polar surface area (TPSA) is 60.9 Å². The summed E-state index contributed by atoms with van der Waals surface area (Å²) >= 11 is 12.1. The Bertz CT molecular complexity index is 878. The maximum absolute atomic E-state index is 12.8. The van der Waals surface area contributed by atoms with Gasteiger partial charge in [-0.25, -0.2) is 0 Å². The Labute approximate surface area is 180 Å². The van der Waals surface area contributed by atoms with Crippen molar-refractivity contribution in [1.82, 2.24) is 9.80 Å². The van der Waals surface area contributed by atoms with Crippen LogP contribution >= 0.6 is 23.2 Å². The molecular formula is C22H24Cl2N2O3. The van der Waals surface area contributed by atoms with E-state index in [9.17, 15) is 9.59 Å². The number of piperazine rings is 1. The fraction of sp³-hybridized carbons (Fsp3) is 0.364. The van der Waals surface area contributed by atoms with Gasteiger partial charge in [-0.1, -0.05) is 53.0 Å². The highest BCUT2D eigenvalue weighted by Gasteiger charge is 2.28. The molecule has 0 unspecified atom stereocenters. The minimum Gasteiger partial charge on any atom is -0.481 e. The standard InChI is InChI=1S/C22H24Cl2N2O3/c1-15-2-4-16(5-3-15)20(8-9-21(27)28)25-10-12-26(13-11-25)22(29)18-7-6-17(23)14-19(18)24/h2-7,14,20H,8-13H2,1H3,(H,27,28)/t20-/m0/s1. The molecule has 0 saturated carbocycles. The molecule has 0 bridgehead atoms. The highest BCUT2D eigenvalue weighted by molar-refractivity contribution is 6.36. The zero-order chi connectivity index (χ0) is 21.0. The molecule has 0 aliphatic carbocycles. The Morgan fingerprint density at radius 1 is 1.03 bits per heavy atom. The zero-order valence-corrected chi connectivity index (χ0v) is 17.8. The highest BCUT2D eigenvalue weighted by Crippen LogP contribution is 2.28. The van der Waals surface area contributed by atoms with E-state index in [1.807, 2.05) is 19.1 Å². The van der Waals surface area contributed by atoms with Crippen LogP contribution in [0.25, 0.3) is 0 Å². The van der Waals surface area contributed by atoms with Gasteiger partial charge in [0, 0.05) is 43.7 Å². The number of carboxylic acids is 1. The summed E-state index contributed by atoms with van der Waals surface area (Å²) in [6.45, 7) is 4.51. The molecule has 1 fully saturated rings. The summed E-state index contributed by atoms with van der Waals surface area (Å²) in [5, 5.41) is 9.99. The van der Waals surface area contributed by atoms with Crippen molar-refractivity contribution in [3.8, 4) is 0 Å². The lowest BCUT2D eigenvalue weighted by Crippen LogP contribution is -2.49. The normalized spacial score (nSPS) is 15.9. The molecular weight excluding hydrogens is 411 g/mol. The number of carbonyl (C=O) groups excluding carboxylic acids is 1. The number of hydrogen-bond donors (Lipinski definition) is 1. The van der Waals surface area contributed by atoms with Crippen molar-refractivity contribution >= 4 is 35.1 Å². The van der Waals surface area contributed by atoms with Crippen molar-refractivity contribution < 1.29 is 14.7 Å².